The summed E-state index contributed by atoms with van der Waals surface area (Å²) in [4.78, 5) is 17.3. The summed E-state index contributed by atoms with van der Waals surface area (Å²) in [5.74, 6) is 0.989. The van der Waals surface area contributed by atoms with Gasteiger partial charge in [0.05, 0.1) is 17.7 Å². The van der Waals surface area contributed by atoms with E-state index >= 15 is 0 Å². The van der Waals surface area contributed by atoms with Crippen LogP contribution in [0.25, 0.3) is 0 Å². The number of hydrogen-bond acceptors (Lipinski definition) is 5. The number of ether oxygens (including phenoxy) is 1. The van der Waals surface area contributed by atoms with Gasteiger partial charge in [0.25, 0.3) is 0 Å². The number of amides is 1. The van der Waals surface area contributed by atoms with Gasteiger partial charge < -0.3 is 14.5 Å². The van der Waals surface area contributed by atoms with Gasteiger partial charge in [-0.15, -0.1) is 0 Å². The molecule has 0 aliphatic carbocycles. The van der Waals surface area contributed by atoms with Crippen LogP contribution in [-0.2, 0) is 21.2 Å². The maximum atomic E-state index is 12.8. The number of para-hydroxylation sites is 2. The number of piperazine rings is 1. The van der Waals surface area contributed by atoms with Crippen molar-refractivity contribution in [2.45, 2.75) is 37.0 Å². The first-order valence-corrected chi connectivity index (χ1v) is 13.2. The van der Waals surface area contributed by atoms with E-state index < -0.39 is 10.0 Å². The standard InChI is InChI=1S/C25H33N3O4S/c1-32-24-8-4-3-7-23(24)26-17-19-27(20-18-26)25(29)14-11-21-9-12-22(13-10-21)33(30,31)28-15-5-2-6-16-28/h3-4,7-10,12-13H,2,5-6,11,14-20H2,1H3. The number of nitrogens with zero attached hydrogens (tertiary/aromatic N) is 3. The fourth-order valence-corrected chi connectivity index (χ4v) is 6.10. The zero-order valence-corrected chi connectivity index (χ0v) is 20.1. The lowest BCUT2D eigenvalue weighted by atomic mass is 10.1. The van der Waals surface area contributed by atoms with E-state index in [0.717, 1.165) is 49.4 Å². The van der Waals surface area contributed by atoms with Crippen LogP contribution < -0.4 is 9.64 Å². The zero-order chi connectivity index (χ0) is 23.3. The molecule has 2 aromatic carbocycles. The monoisotopic (exact) mass is 471 g/mol. The molecule has 0 N–H and O–H groups in total. The van der Waals surface area contributed by atoms with Crippen LogP contribution in [0.2, 0.25) is 0 Å². The van der Waals surface area contributed by atoms with Gasteiger partial charge in [-0.2, -0.15) is 4.31 Å². The second-order valence-corrected chi connectivity index (χ2v) is 10.6. The second kappa shape index (κ2) is 10.6. The summed E-state index contributed by atoms with van der Waals surface area (Å²) < 4.78 is 32.6. The number of hydrogen-bond donors (Lipinski definition) is 0. The Balaban J connectivity index is 1.28. The van der Waals surface area contributed by atoms with Crippen LogP contribution in [-0.4, -0.2) is 69.9 Å². The molecular weight excluding hydrogens is 438 g/mol. The molecule has 0 saturated carbocycles. The minimum absolute atomic E-state index is 0.139. The van der Waals surface area contributed by atoms with E-state index in [-0.39, 0.29) is 5.91 Å². The molecule has 33 heavy (non-hydrogen) atoms. The molecule has 178 valence electrons. The number of piperidine rings is 1. The molecule has 2 aliphatic rings. The molecule has 2 aliphatic heterocycles. The largest absolute Gasteiger partial charge is 0.495 e. The minimum Gasteiger partial charge on any atom is -0.495 e. The number of aryl methyl sites for hydroxylation is 1. The number of carbonyl (C=O) groups is 1. The van der Waals surface area contributed by atoms with Crippen LogP contribution in [0.1, 0.15) is 31.2 Å². The number of sulfonamides is 1. The molecule has 4 rings (SSSR count). The molecule has 0 atom stereocenters. The lowest BCUT2D eigenvalue weighted by Crippen LogP contribution is -2.48. The molecule has 2 heterocycles. The Labute approximate surface area is 197 Å². The normalized spacial score (nSPS) is 17.7. The van der Waals surface area contributed by atoms with E-state index in [1.165, 1.54) is 0 Å². The third-order valence-corrected chi connectivity index (χ3v) is 8.47. The van der Waals surface area contributed by atoms with Crippen molar-refractivity contribution < 1.29 is 17.9 Å². The maximum absolute atomic E-state index is 12.8. The van der Waals surface area contributed by atoms with E-state index in [0.29, 0.717) is 43.9 Å². The van der Waals surface area contributed by atoms with Crippen molar-refractivity contribution in [3.05, 3.63) is 54.1 Å². The quantitative estimate of drug-likeness (QED) is 0.621. The molecule has 0 bridgehead atoms. The Kier molecular flexibility index (Phi) is 7.55. The molecule has 0 unspecified atom stereocenters. The molecule has 2 fully saturated rings. The Morgan fingerprint density at radius 1 is 0.879 bits per heavy atom. The summed E-state index contributed by atoms with van der Waals surface area (Å²) in [7, 11) is -1.74. The van der Waals surface area contributed by atoms with Gasteiger partial charge in [-0.25, -0.2) is 8.42 Å². The van der Waals surface area contributed by atoms with Crippen molar-refractivity contribution in [3.8, 4) is 5.75 Å². The molecule has 8 heteroatoms. The van der Waals surface area contributed by atoms with Crippen molar-refractivity contribution in [2.24, 2.45) is 0 Å². The van der Waals surface area contributed by atoms with Crippen LogP contribution in [0.15, 0.2) is 53.4 Å². The predicted octanol–water partition coefficient (Wildman–Crippen LogP) is 3.15. The Bertz CT molecular complexity index is 1040. The first kappa shape index (κ1) is 23.6. The van der Waals surface area contributed by atoms with Crippen molar-refractivity contribution in [3.63, 3.8) is 0 Å². The van der Waals surface area contributed by atoms with Gasteiger partial charge in [0.2, 0.25) is 15.9 Å². The van der Waals surface area contributed by atoms with E-state index in [1.54, 1.807) is 23.5 Å². The topological polar surface area (TPSA) is 70.2 Å². The number of carbonyl (C=O) groups excluding carboxylic acids is 1. The van der Waals surface area contributed by atoms with Gasteiger partial charge in [-0.1, -0.05) is 30.7 Å². The summed E-state index contributed by atoms with van der Waals surface area (Å²) in [5, 5.41) is 0. The van der Waals surface area contributed by atoms with Crippen LogP contribution in [0.5, 0.6) is 5.75 Å². The molecule has 2 aromatic rings. The third-order valence-electron chi connectivity index (χ3n) is 6.56. The van der Waals surface area contributed by atoms with E-state index in [9.17, 15) is 13.2 Å². The van der Waals surface area contributed by atoms with E-state index in [4.69, 9.17) is 4.74 Å². The highest BCUT2D eigenvalue weighted by molar-refractivity contribution is 7.89. The predicted molar refractivity (Wildman–Crippen MR) is 129 cm³/mol. The van der Waals surface area contributed by atoms with Gasteiger partial charge in [-0.3, -0.25) is 4.79 Å². The molecule has 0 aromatic heterocycles. The average molecular weight is 472 g/mol. The third kappa shape index (κ3) is 5.50. The number of benzene rings is 2. The number of methoxy groups -OCH3 is 1. The van der Waals surface area contributed by atoms with E-state index in [1.807, 2.05) is 41.3 Å². The van der Waals surface area contributed by atoms with E-state index in [2.05, 4.69) is 4.90 Å². The highest BCUT2D eigenvalue weighted by Crippen LogP contribution is 2.28. The lowest BCUT2D eigenvalue weighted by molar-refractivity contribution is -0.131. The highest BCUT2D eigenvalue weighted by Gasteiger charge is 2.26. The van der Waals surface area contributed by atoms with Crippen molar-refractivity contribution in [2.75, 3.05) is 51.3 Å². The second-order valence-electron chi connectivity index (χ2n) is 8.65. The zero-order valence-electron chi connectivity index (χ0n) is 19.3. The van der Waals surface area contributed by atoms with Gasteiger partial charge in [0.15, 0.2) is 0 Å². The van der Waals surface area contributed by atoms with Gasteiger partial charge in [0.1, 0.15) is 5.75 Å². The Morgan fingerprint density at radius 3 is 2.21 bits per heavy atom. The summed E-state index contributed by atoms with van der Waals surface area (Å²) in [6, 6.07) is 15.0. The Morgan fingerprint density at radius 2 is 1.55 bits per heavy atom. The van der Waals surface area contributed by atoms with Crippen LogP contribution in [0.3, 0.4) is 0 Å². The molecular formula is C25H33N3O4S. The van der Waals surface area contributed by atoms with Crippen molar-refractivity contribution in [1.29, 1.82) is 0 Å². The maximum Gasteiger partial charge on any atom is 0.243 e. The van der Waals surface area contributed by atoms with Crippen LogP contribution in [0.4, 0.5) is 5.69 Å². The average Bonchev–Trinajstić information content (AvgIpc) is 2.88. The summed E-state index contributed by atoms with van der Waals surface area (Å²) in [6.07, 6.45) is 3.97. The number of rotatable bonds is 7. The Hall–Kier alpha value is -2.58. The van der Waals surface area contributed by atoms with Gasteiger partial charge in [0, 0.05) is 45.7 Å². The molecule has 0 radical (unpaired) electrons. The van der Waals surface area contributed by atoms with Crippen molar-refractivity contribution >= 4 is 21.6 Å². The summed E-state index contributed by atoms with van der Waals surface area (Å²) >= 11 is 0. The fraction of sp³-hybridized carbons (Fsp3) is 0.480. The summed E-state index contributed by atoms with van der Waals surface area (Å²) in [5.41, 5.74) is 2.04. The number of anilines is 1. The molecule has 2 saturated heterocycles. The SMILES string of the molecule is COc1ccccc1N1CCN(C(=O)CCc2ccc(S(=O)(=O)N3CCCCC3)cc2)CC1. The summed E-state index contributed by atoms with van der Waals surface area (Å²) in [6.45, 7) is 4.12. The molecule has 7 nitrogen and oxygen atoms in total. The first-order chi connectivity index (χ1) is 16.0. The minimum atomic E-state index is -3.42. The highest BCUT2D eigenvalue weighted by atomic mass is 32.2. The molecule has 1 amide bonds. The lowest BCUT2D eigenvalue weighted by Gasteiger charge is -2.36. The smallest absolute Gasteiger partial charge is 0.243 e. The fourth-order valence-electron chi connectivity index (χ4n) is 4.58. The van der Waals surface area contributed by atoms with Gasteiger partial charge in [-0.05, 0) is 49.1 Å². The van der Waals surface area contributed by atoms with Gasteiger partial charge >= 0.3 is 0 Å². The first-order valence-electron chi connectivity index (χ1n) is 11.7. The van der Waals surface area contributed by atoms with Crippen LogP contribution in [0, 0.1) is 0 Å². The van der Waals surface area contributed by atoms with Crippen LogP contribution >= 0.6 is 0 Å². The van der Waals surface area contributed by atoms with Crippen molar-refractivity contribution in [1.82, 2.24) is 9.21 Å². The molecule has 0 spiro atoms.